The Hall–Kier alpha value is -2.83. The molecule has 0 unspecified atom stereocenters. The van der Waals surface area contributed by atoms with E-state index in [1.165, 1.54) is 23.1 Å². The van der Waals surface area contributed by atoms with Crippen molar-refractivity contribution in [3.8, 4) is 0 Å². The highest BCUT2D eigenvalue weighted by atomic mass is 19.4. The van der Waals surface area contributed by atoms with Crippen molar-refractivity contribution in [2.45, 2.75) is 20.0 Å². The van der Waals surface area contributed by atoms with E-state index in [9.17, 15) is 22.8 Å². The van der Waals surface area contributed by atoms with E-state index in [0.717, 1.165) is 11.6 Å². The minimum Gasteiger partial charge on any atom is -0.330 e. The van der Waals surface area contributed by atoms with E-state index in [1.807, 2.05) is 13.0 Å². The Labute approximate surface area is 149 Å². The molecule has 0 saturated heterocycles. The normalized spacial score (nSPS) is 11.1. The van der Waals surface area contributed by atoms with Gasteiger partial charge in [-0.15, -0.1) is 0 Å². The minimum absolute atomic E-state index is 0.251. The van der Waals surface area contributed by atoms with Crippen LogP contribution in [-0.2, 0) is 11.0 Å². The predicted octanol–water partition coefficient (Wildman–Crippen LogP) is 4.11. The second kappa shape index (κ2) is 8.03. The number of carbonyl (C=O) groups excluding carboxylic acids is 2. The molecule has 26 heavy (non-hydrogen) atoms. The molecule has 0 aliphatic rings. The number of nitrogens with zero attached hydrogens (tertiary/aromatic N) is 1. The highest BCUT2D eigenvalue weighted by Crippen LogP contribution is 2.34. The lowest BCUT2D eigenvalue weighted by Gasteiger charge is -2.21. The molecule has 0 aliphatic heterocycles. The lowest BCUT2D eigenvalue weighted by atomic mass is 10.1. The molecule has 4 nitrogen and oxygen atoms in total. The topological polar surface area (TPSA) is 49.4 Å². The number of carbonyl (C=O) groups is 2. The van der Waals surface area contributed by atoms with Crippen LogP contribution >= 0.6 is 0 Å². The fraction of sp³-hybridized carbons (Fsp3) is 0.263. The van der Waals surface area contributed by atoms with Crippen LogP contribution in [0.3, 0.4) is 0 Å². The molecule has 0 aromatic heterocycles. The second-order valence-corrected chi connectivity index (χ2v) is 5.78. The molecule has 0 heterocycles. The van der Waals surface area contributed by atoms with Crippen molar-refractivity contribution in [3.05, 3.63) is 65.2 Å². The highest BCUT2D eigenvalue weighted by Gasteiger charge is 2.33. The molecule has 0 spiro atoms. The van der Waals surface area contributed by atoms with Gasteiger partial charge < -0.3 is 10.2 Å². The number of amides is 2. The van der Waals surface area contributed by atoms with Crippen molar-refractivity contribution in [2.24, 2.45) is 0 Å². The Kier molecular flexibility index (Phi) is 6.02. The summed E-state index contributed by atoms with van der Waals surface area (Å²) in [6, 6.07) is 11.6. The summed E-state index contributed by atoms with van der Waals surface area (Å²) in [5, 5.41) is 2.25. The number of likely N-dealkylation sites (N-methyl/N-ethyl adjacent to an activating group) is 1. The van der Waals surface area contributed by atoms with E-state index < -0.39 is 17.6 Å². The summed E-state index contributed by atoms with van der Waals surface area (Å²) in [4.78, 5) is 26.0. The van der Waals surface area contributed by atoms with Crippen LogP contribution < -0.4 is 5.32 Å². The van der Waals surface area contributed by atoms with Crippen LogP contribution in [0.4, 0.5) is 18.9 Å². The molecule has 2 rings (SSSR count). The van der Waals surface area contributed by atoms with E-state index in [0.29, 0.717) is 5.56 Å². The Morgan fingerprint density at radius 3 is 2.38 bits per heavy atom. The summed E-state index contributed by atoms with van der Waals surface area (Å²) >= 11 is 0. The first-order valence-electron chi connectivity index (χ1n) is 8.04. The van der Waals surface area contributed by atoms with Crippen LogP contribution in [0.25, 0.3) is 0 Å². The largest absolute Gasteiger partial charge is 0.418 e. The van der Waals surface area contributed by atoms with Crippen molar-refractivity contribution in [1.29, 1.82) is 0 Å². The monoisotopic (exact) mass is 364 g/mol. The first kappa shape index (κ1) is 19.5. The summed E-state index contributed by atoms with van der Waals surface area (Å²) in [6.45, 7) is 3.45. The Morgan fingerprint density at radius 2 is 1.77 bits per heavy atom. The third-order valence-corrected chi connectivity index (χ3v) is 3.77. The van der Waals surface area contributed by atoms with E-state index in [4.69, 9.17) is 0 Å². The van der Waals surface area contributed by atoms with Crippen molar-refractivity contribution in [2.75, 3.05) is 18.4 Å². The van der Waals surface area contributed by atoms with Crippen molar-refractivity contribution in [3.63, 3.8) is 0 Å². The molecule has 7 heteroatoms. The molecular formula is C19H19F3N2O2. The van der Waals surface area contributed by atoms with Crippen LogP contribution in [0, 0.1) is 6.92 Å². The van der Waals surface area contributed by atoms with Gasteiger partial charge in [-0.1, -0.05) is 29.8 Å². The van der Waals surface area contributed by atoms with Crippen LogP contribution in [-0.4, -0.2) is 29.8 Å². The molecular weight excluding hydrogens is 345 g/mol. The maximum absolute atomic E-state index is 13.0. The van der Waals surface area contributed by atoms with Gasteiger partial charge in [0.1, 0.15) is 6.54 Å². The number of alkyl halides is 3. The van der Waals surface area contributed by atoms with E-state index in [2.05, 4.69) is 5.32 Å². The van der Waals surface area contributed by atoms with Gasteiger partial charge in [-0.05, 0) is 38.1 Å². The molecule has 138 valence electrons. The van der Waals surface area contributed by atoms with Gasteiger partial charge in [0.05, 0.1) is 11.3 Å². The first-order valence-corrected chi connectivity index (χ1v) is 8.04. The summed E-state index contributed by atoms with van der Waals surface area (Å²) in [7, 11) is 0. The van der Waals surface area contributed by atoms with Gasteiger partial charge in [0.15, 0.2) is 0 Å². The Balaban J connectivity index is 2.12. The minimum atomic E-state index is -4.58. The quantitative estimate of drug-likeness (QED) is 0.868. The molecule has 0 radical (unpaired) electrons. The number of halogens is 3. The molecule has 0 saturated carbocycles. The van der Waals surface area contributed by atoms with Gasteiger partial charge in [-0.3, -0.25) is 9.59 Å². The fourth-order valence-electron chi connectivity index (χ4n) is 2.49. The third-order valence-electron chi connectivity index (χ3n) is 3.77. The standard InChI is InChI=1S/C19H19F3N2O2/c1-3-24(18(26)14-8-6-7-13(2)11-14)12-17(25)23-16-10-5-4-9-15(16)19(20,21)22/h4-11H,3,12H2,1-2H3,(H,23,25). The molecule has 2 amide bonds. The van der Waals surface area contributed by atoms with Gasteiger partial charge in [0.25, 0.3) is 5.91 Å². The molecule has 0 aliphatic carbocycles. The van der Waals surface area contributed by atoms with Crippen LogP contribution in [0.5, 0.6) is 0 Å². The molecule has 0 fully saturated rings. The van der Waals surface area contributed by atoms with E-state index in [-0.39, 0.29) is 24.7 Å². The predicted molar refractivity (Wildman–Crippen MR) is 92.8 cm³/mol. The number of hydrogen-bond acceptors (Lipinski definition) is 2. The Morgan fingerprint density at radius 1 is 1.08 bits per heavy atom. The van der Waals surface area contributed by atoms with Gasteiger partial charge in [0, 0.05) is 12.1 Å². The van der Waals surface area contributed by atoms with Crippen LogP contribution in [0.2, 0.25) is 0 Å². The van der Waals surface area contributed by atoms with Gasteiger partial charge in [-0.2, -0.15) is 13.2 Å². The maximum atomic E-state index is 13.0. The lowest BCUT2D eigenvalue weighted by molar-refractivity contribution is -0.137. The summed E-state index contributed by atoms with van der Waals surface area (Å²) in [6.07, 6.45) is -4.58. The van der Waals surface area contributed by atoms with Crippen LogP contribution in [0.15, 0.2) is 48.5 Å². The van der Waals surface area contributed by atoms with E-state index in [1.54, 1.807) is 25.1 Å². The smallest absolute Gasteiger partial charge is 0.330 e. The maximum Gasteiger partial charge on any atom is 0.418 e. The fourth-order valence-corrected chi connectivity index (χ4v) is 2.49. The number of para-hydroxylation sites is 1. The second-order valence-electron chi connectivity index (χ2n) is 5.78. The average molecular weight is 364 g/mol. The van der Waals surface area contributed by atoms with Gasteiger partial charge >= 0.3 is 6.18 Å². The lowest BCUT2D eigenvalue weighted by Crippen LogP contribution is -2.38. The molecule has 2 aromatic carbocycles. The summed E-state index contributed by atoms with van der Waals surface area (Å²) < 4.78 is 39.0. The third kappa shape index (κ3) is 4.84. The number of benzene rings is 2. The molecule has 0 atom stereocenters. The van der Waals surface area contributed by atoms with E-state index >= 15 is 0 Å². The Bertz CT molecular complexity index is 803. The molecule has 0 bridgehead atoms. The van der Waals surface area contributed by atoms with Crippen LogP contribution in [0.1, 0.15) is 28.4 Å². The molecule has 1 N–H and O–H groups in total. The number of nitrogens with one attached hydrogen (secondary N) is 1. The SMILES string of the molecule is CCN(CC(=O)Nc1ccccc1C(F)(F)F)C(=O)c1cccc(C)c1. The summed E-state index contributed by atoms with van der Waals surface area (Å²) in [5.74, 6) is -1.04. The summed E-state index contributed by atoms with van der Waals surface area (Å²) in [5.41, 5.74) is 0.0660. The number of rotatable bonds is 5. The first-order chi connectivity index (χ1) is 12.2. The van der Waals surface area contributed by atoms with Gasteiger partial charge in [0.2, 0.25) is 5.91 Å². The number of hydrogen-bond donors (Lipinski definition) is 1. The highest BCUT2D eigenvalue weighted by molar-refractivity contribution is 5.99. The average Bonchev–Trinajstić information content (AvgIpc) is 2.58. The zero-order valence-corrected chi connectivity index (χ0v) is 14.4. The van der Waals surface area contributed by atoms with Crippen molar-refractivity contribution < 1.29 is 22.8 Å². The zero-order chi connectivity index (χ0) is 19.3. The number of anilines is 1. The molecule has 2 aromatic rings. The van der Waals surface area contributed by atoms with Crippen molar-refractivity contribution >= 4 is 17.5 Å². The van der Waals surface area contributed by atoms with Gasteiger partial charge in [-0.25, -0.2) is 0 Å². The zero-order valence-electron chi connectivity index (χ0n) is 14.4. The van der Waals surface area contributed by atoms with Crippen molar-refractivity contribution in [1.82, 2.24) is 4.90 Å². The number of aryl methyl sites for hydroxylation is 1.